The van der Waals surface area contributed by atoms with Gasteiger partial charge >= 0.3 is 0 Å². The lowest BCUT2D eigenvalue weighted by Gasteiger charge is -2.05. The van der Waals surface area contributed by atoms with Gasteiger partial charge < -0.3 is 5.11 Å². The van der Waals surface area contributed by atoms with Crippen LogP contribution in [0.3, 0.4) is 0 Å². The zero-order chi connectivity index (χ0) is 9.14. The fourth-order valence-electron chi connectivity index (χ4n) is 0.715. The third kappa shape index (κ3) is 1.76. The predicted molar refractivity (Wildman–Crippen MR) is 34.3 cm³/mol. The van der Waals surface area contributed by atoms with Gasteiger partial charge in [-0.3, -0.25) is 0 Å². The second kappa shape index (κ2) is 3.57. The minimum atomic E-state index is -3.10. The SMILES string of the molecule is OCc1ccn(C(F)C(F)F)n1. The maximum Gasteiger partial charge on any atom is 0.289 e. The molecule has 1 rings (SSSR count). The molecule has 6 heteroatoms. The first-order valence-corrected chi connectivity index (χ1v) is 3.22. The molecule has 0 saturated carbocycles. The molecule has 0 aliphatic heterocycles. The maximum absolute atomic E-state index is 12.5. The van der Waals surface area contributed by atoms with Crippen LogP contribution in [0.25, 0.3) is 0 Å². The van der Waals surface area contributed by atoms with E-state index < -0.39 is 12.7 Å². The topological polar surface area (TPSA) is 38.0 Å². The number of rotatable bonds is 3. The van der Waals surface area contributed by atoms with Crippen molar-refractivity contribution in [2.45, 2.75) is 19.3 Å². The molecule has 1 unspecified atom stereocenters. The molecular formula is C6H7F3N2O. The van der Waals surface area contributed by atoms with E-state index in [1.165, 1.54) is 6.07 Å². The van der Waals surface area contributed by atoms with Crippen LogP contribution in [0.1, 0.15) is 12.0 Å². The Labute approximate surface area is 66.4 Å². The number of aliphatic hydroxyl groups excluding tert-OH is 1. The molecule has 1 aromatic heterocycles. The van der Waals surface area contributed by atoms with Crippen molar-refractivity contribution < 1.29 is 18.3 Å². The number of nitrogens with zero attached hydrogens (tertiary/aromatic N) is 2. The van der Waals surface area contributed by atoms with Crippen molar-refractivity contribution >= 4 is 0 Å². The molecule has 1 aromatic rings. The van der Waals surface area contributed by atoms with E-state index in [1.807, 2.05) is 0 Å². The first kappa shape index (κ1) is 9.05. The van der Waals surface area contributed by atoms with Crippen LogP contribution in [0.5, 0.6) is 0 Å². The highest BCUT2D eigenvalue weighted by molar-refractivity contribution is 4.97. The van der Waals surface area contributed by atoms with Crippen LogP contribution >= 0.6 is 0 Å². The van der Waals surface area contributed by atoms with Crippen molar-refractivity contribution in [2.24, 2.45) is 0 Å². The summed E-state index contributed by atoms with van der Waals surface area (Å²) in [5.74, 6) is 0. The van der Waals surface area contributed by atoms with Crippen LogP contribution in [-0.2, 0) is 6.61 Å². The monoisotopic (exact) mass is 180 g/mol. The molecule has 1 atom stereocenters. The van der Waals surface area contributed by atoms with Gasteiger partial charge in [0, 0.05) is 6.20 Å². The van der Waals surface area contributed by atoms with Gasteiger partial charge in [-0.2, -0.15) is 5.10 Å². The first-order valence-electron chi connectivity index (χ1n) is 3.22. The highest BCUT2D eigenvalue weighted by Crippen LogP contribution is 2.16. The van der Waals surface area contributed by atoms with E-state index in [9.17, 15) is 13.2 Å². The quantitative estimate of drug-likeness (QED) is 0.756. The normalized spacial score (nSPS) is 13.8. The lowest BCUT2D eigenvalue weighted by molar-refractivity contribution is 0.000333. The van der Waals surface area contributed by atoms with E-state index in [4.69, 9.17) is 5.11 Å². The van der Waals surface area contributed by atoms with E-state index >= 15 is 0 Å². The largest absolute Gasteiger partial charge is 0.390 e. The summed E-state index contributed by atoms with van der Waals surface area (Å²) in [5.41, 5.74) is 0.165. The van der Waals surface area contributed by atoms with Gasteiger partial charge in [0.2, 0.25) is 0 Å². The minimum Gasteiger partial charge on any atom is -0.390 e. The lowest BCUT2D eigenvalue weighted by atomic mass is 10.5. The number of hydrogen-bond acceptors (Lipinski definition) is 2. The summed E-state index contributed by atoms with van der Waals surface area (Å²) in [7, 11) is 0. The smallest absolute Gasteiger partial charge is 0.289 e. The maximum atomic E-state index is 12.5. The van der Waals surface area contributed by atoms with E-state index in [0.29, 0.717) is 4.68 Å². The predicted octanol–water partition coefficient (Wildman–Crippen LogP) is 1.11. The van der Waals surface area contributed by atoms with Gasteiger partial charge in [0.25, 0.3) is 12.7 Å². The van der Waals surface area contributed by atoms with Gasteiger partial charge in [-0.05, 0) is 6.07 Å². The summed E-state index contributed by atoms with van der Waals surface area (Å²) >= 11 is 0. The van der Waals surface area contributed by atoms with E-state index in [1.54, 1.807) is 0 Å². The molecular weight excluding hydrogens is 173 g/mol. The molecule has 68 valence electrons. The summed E-state index contributed by atoms with van der Waals surface area (Å²) in [4.78, 5) is 0. The van der Waals surface area contributed by atoms with Gasteiger partial charge in [0.15, 0.2) is 0 Å². The molecule has 0 aliphatic carbocycles. The number of aromatic nitrogens is 2. The average molecular weight is 180 g/mol. The second-order valence-corrected chi connectivity index (χ2v) is 2.15. The van der Waals surface area contributed by atoms with Crippen LogP contribution in [0, 0.1) is 0 Å². The number of aliphatic hydroxyl groups is 1. The molecule has 0 radical (unpaired) electrons. The summed E-state index contributed by atoms with van der Waals surface area (Å²) in [5, 5.41) is 11.8. The Bertz CT molecular complexity index is 251. The Kier molecular flexibility index (Phi) is 2.69. The highest BCUT2D eigenvalue weighted by atomic mass is 19.3. The van der Waals surface area contributed by atoms with Crippen LogP contribution in [-0.4, -0.2) is 21.3 Å². The van der Waals surface area contributed by atoms with E-state index in [-0.39, 0.29) is 12.3 Å². The molecule has 0 aliphatic rings. The Balaban J connectivity index is 2.74. The summed E-state index contributed by atoms with van der Waals surface area (Å²) in [6.07, 6.45) is -4.48. The van der Waals surface area contributed by atoms with E-state index in [0.717, 1.165) is 6.20 Å². The molecule has 1 heterocycles. The molecule has 0 amide bonds. The number of alkyl halides is 3. The standard InChI is InChI=1S/C6H7F3N2O/c7-5(8)6(9)11-2-1-4(3-12)10-11/h1-2,5-6,12H,3H2. The third-order valence-electron chi connectivity index (χ3n) is 1.29. The molecule has 3 nitrogen and oxygen atoms in total. The molecule has 0 fully saturated rings. The lowest BCUT2D eigenvalue weighted by Crippen LogP contribution is -2.13. The number of hydrogen-bond donors (Lipinski definition) is 1. The van der Waals surface area contributed by atoms with E-state index in [2.05, 4.69) is 5.10 Å². The van der Waals surface area contributed by atoms with Crippen molar-refractivity contribution in [1.29, 1.82) is 0 Å². The van der Waals surface area contributed by atoms with Gasteiger partial charge in [0.1, 0.15) is 0 Å². The Morgan fingerprint density at radius 3 is 2.58 bits per heavy atom. The Morgan fingerprint density at radius 2 is 2.17 bits per heavy atom. The first-order chi connectivity index (χ1) is 5.65. The molecule has 0 saturated heterocycles. The van der Waals surface area contributed by atoms with Crippen molar-refractivity contribution in [3.05, 3.63) is 18.0 Å². The zero-order valence-electron chi connectivity index (χ0n) is 5.99. The van der Waals surface area contributed by atoms with Crippen molar-refractivity contribution in [1.82, 2.24) is 9.78 Å². The molecule has 0 bridgehead atoms. The van der Waals surface area contributed by atoms with Crippen LogP contribution in [0.15, 0.2) is 12.3 Å². The summed E-state index contributed by atoms with van der Waals surface area (Å²) in [6.45, 7) is -0.386. The van der Waals surface area contributed by atoms with Crippen LogP contribution < -0.4 is 0 Å². The summed E-state index contributed by atoms with van der Waals surface area (Å²) in [6, 6.07) is 1.27. The second-order valence-electron chi connectivity index (χ2n) is 2.15. The molecule has 0 spiro atoms. The Hall–Kier alpha value is -1.04. The van der Waals surface area contributed by atoms with Crippen molar-refractivity contribution in [3.8, 4) is 0 Å². The zero-order valence-corrected chi connectivity index (χ0v) is 5.99. The third-order valence-corrected chi connectivity index (χ3v) is 1.29. The molecule has 0 aromatic carbocycles. The van der Waals surface area contributed by atoms with Gasteiger partial charge in [0.05, 0.1) is 12.3 Å². The van der Waals surface area contributed by atoms with Crippen molar-refractivity contribution in [2.75, 3.05) is 0 Å². The minimum absolute atomic E-state index is 0.165. The highest BCUT2D eigenvalue weighted by Gasteiger charge is 2.21. The summed E-state index contributed by atoms with van der Waals surface area (Å²) < 4.78 is 36.4. The number of halogens is 3. The average Bonchev–Trinajstić information content (AvgIpc) is 2.50. The Morgan fingerprint density at radius 1 is 1.50 bits per heavy atom. The van der Waals surface area contributed by atoms with Crippen molar-refractivity contribution in [3.63, 3.8) is 0 Å². The molecule has 12 heavy (non-hydrogen) atoms. The fourth-order valence-corrected chi connectivity index (χ4v) is 0.715. The van der Waals surface area contributed by atoms with Gasteiger partial charge in [-0.15, -0.1) is 0 Å². The fraction of sp³-hybridized carbons (Fsp3) is 0.500. The van der Waals surface area contributed by atoms with Crippen LogP contribution in [0.2, 0.25) is 0 Å². The van der Waals surface area contributed by atoms with Gasteiger partial charge in [-0.1, -0.05) is 0 Å². The molecule has 1 N–H and O–H groups in total. The van der Waals surface area contributed by atoms with Gasteiger partial charge in [-0.25, -0.2) is 17.9 Å². The van der Waals surface area contributed by atoms with Crippen LogP contribution in [0.4, 0.5) is 13.2 Å².